The molecule has 1 aliphatic carbocycles. The fourth-order valence-electron chi connectivity index (χ4n) is 2.48. The van der Waals surface area contributed by atoms with Gasteiger partial charge >= 0.3 is 0 Å². The number of nitrogens with one attached hydrogen (secondary N) is 1. The van der Waals surface area contributed by atoms with Crippen LogP contribution in [0.15, 0.2) is 24.3 Å². The standard InChI is InChI=1S/C16H22N4O/c1-20-15(9-12-5-6-12)10-16(19-20)17-8-7-13-3-2-4-14(11-21)18-13/h2-4,10,12,21H,5-9,11H2,1H3,(H,17,19). The van der Waals surface area contributed by atoms with Gasteiger partial charge in [-0.05, 0) is 37.3 Å². The van der Waals surface area contributed by atoms with Crippen molar-refractivity contribution in [2.75, 3.05) is 11.9 Å². The summed E-state index contributed by atoms with van der Waals surface area (Å²) in [6.07, 6.45) is 4.69. The molecular weight excluding hydrogens is 264 g/mol. The molecule has 3 rings (SSSR count). The largest absolute Gasteiger partial charge is 0.390 e. The van der Waals surface area contributed by atoms with Crippen molar-refractivity contribution in [1.29, 1.82) is 0 Å². The van der Waals surface area contributed by atoms with Gasteiger partial charge in [0.1, 0.15) is 5.82 Å². The maximum atomic E-state index is 9.08. The first-order valence-electron chi connectivity index (χ1n) is 7.57. The van der Waals surface area contributed by atoms with Gasteiger partial charge in [-0.3, -0.25) is 9.67 Å². The maximum absolute atomic E-state index is 9.08. The number of aliphatic hydroxyl groups is 1. The normalized spacial score (nSPS) is 14.4. The Balaban J connectivity index is 1.52. The van der Waals surface area contributed by atoms with Gasteiger partial charge in [-0.15, -0.1) is 0 Å². The van der Waals surface area contributed by atoms with E-state index in [9.17, 15) is 0 Å². The third kappa shape index (κ3) is 3.82. The zero-order valence-corrected chi connectivity index (χ0v) is 12.4. The number of anilines is 1. The van der Waals surface area contributed by atoms with Crippen LogP contribution in [0, 0.1) is 5.92 Å². The molecule has 0 spiro atoms. The van der Waals surface area contributed by atoms with E-state index in [1.54, 1.807) is 0 Å². The topological polar surface area (TPSA) is 63.0 Å². The molecule has 2 aromatic heterocycles. The van der Waals surface area contributed by atoms with Crippen molar-refractivity contribution in [1.82, 2.24) is 14.8 Å². The van der Waals surface area contributed by atoms with Gasteiger partial charge in [-0.1, -0.05) is 6.07 Å². The summed E-state index contributed by atoms with van der Waals surface area (Å²) in [5.74, 6) is 1.81. The molecule has 112 valence electrons. The predicted molar refractivity (Wildman–Crippen MR) is 82.0 cm³/mol. The lowest BCUT2D eigenvalue weighted by Gasteiger charge is -2.04. The van der Waals surface area contributed by atoms with Crippen molar-refractivity contribution >= 4 is 5.82 Å². The fourth-order valence-corrected chi connectivity index (χ4v) is 2.48. The Hall–Kier alpha value is -1.88. The molecule has 5 heteroatoms. The van der Waals surface area contributed by atoms with E-state index >= 15 is 0 Å². The quantitative estimate of drug-likeness (QED) is 0.816. The second-order valence-corrected chi connectivity index (χ2v) is 5.75. The molecule has 21 heavy (non-hydrogen) atoms. The molecule has 0 atom stereocenters. The molecule has 2 heterocycles. The van der Waals surface area contributed by atoms with E-state index in [1.165, 1.54) is 18.5 Å². The molecule has 0 unspecified atom stereocenters. The van der Waals surface area contributed by atoms with Crippen LogP contribution in [0.4, 0.5) is 5.82 Å². The Labute approximate surface area is 125 Å². The molecule has 0 radical (unpaired) electrons. The second kappa shape index (κ2) is 6.26. The minimum Gasteiger partial charge on any atom is -0.390 e. The Morgan fingerprint density at radius 3 is 2.90 bits per heavy atom. The summed E-state index contributed by atoms with van der Waals surface area (Å²) < 4.78 is 1.98. The van der Waals surface area contributed by atoms with E-state index in [1.807, 2.05) is 29.9 Å². The minimum absolute atomic E-state index is 0.00790. The van der Waals surface area contributed by atoms with Gasteiger partial charge < -0.3 is 10.4 Å². The van der Waals surface area contributed by atoms with Crippen LogP contribution in [0.3, 0.4) is 0 Å². The maximum Gasteiger partial charge on any atom is 0.148 e. The molecule has 2 aromatic rings. The van der Waals surface area contributed by atoms with Crippen molar-refractivity contribution in [3.8, 4) is 0 Å². The van der Waals surface area contributed by atoms with E-state index in [-0.39, 0.29) is 6.61 Å². The van der Waals surface area contributed by atoms with Gasteiger partial charge in [-0.2, -0.15) is 5.10 Å². The highest BCUT2D eigenvalue weighted by Gasteiger charge is 2.23. The van der Waals surface area contributed by atoms with Crippen LogP contribution >= 0.6 is 0 Å². The van der Waals surface area contributed by atoms with E-state index in [2.05, 4.69) is 21.5 Å². The van der Waals surface area contributed by atoms with Crippen LogP contribution in [-0.4, -0.2) is 26.4 Å². The number of aliphatic hydroxyl groups excluding tert-OH is 1. The van der Waals surface area contributed by atoms with Crippen molar-refractivity contribution in [2.45, 2.75) is 32.3 Å². The zero-order valence-electron chi connectivity index (χ0n) is 12.4. The summed E-state index contributed by atoms with van der Waals surface area (Å²) in [6.45, 7) is 0.786. The molecule has 0 aromatic carbocycles. The van der Waals surface area contributed by atoms with Crippen molar-refractivity contribution < 1.29 is 5.11 Å². The Kier molecular flexibility index (Phi) is 4.20. The first-order chi connectivity index (χ1) is 10.2. The van der Waals surface area contributed by atoms with Gasteiger partial charge in [0.2, 0.25) is 0 Å². The monoisotopic (exact) mass is 286 g/mol. The molecule has 0 aliphatic heterocycles. The smallest absolute Gasteiger partial charge is 0.148 e. The first kappa shape index (κ1) is 14.1. The zero-order chi connectivity index (χ0) is 14.7. The van der Waals surface area contributed by atoms with Crippen molar-refractivity contribution in [2.24, 2.45) is 13.0 Å². The highest BCUT2D eigenvalue weighted by Crippen LogP contribution is 2.32. The third-order valence-electron chi connectivity index (χ3n) is 3.89. The van der Waals surface area contributed by atoms with Crippen LogP contribution < -0.4 is 5.32 Å². The highest BCUT2D eigenvalue weighted by molar-refractivity contribution is 5.36. The average Bonchev–Trinajstić information content (AvgIpc) is 3.24. The molecule has 1 aliphatic rings. The highest BCUT2D eigenvalue weighted by atomic mass is 16.3. The molecule has 2 N–H and O–H groups in total. The minimum atomic E-state index is -0.00790. The summed E-state index contributed by atoms with van der Waals surface area (Å²) in [5.41, 5.74) is 3.01. The number of hydrogen-bond donors (Lipinski definition) is 2. The van der Waals surface area contributed by atoms with Crippen molar-refractivity contribution in [3.05, 3.63) is 41.3 Å². The summed E-state index contributed by atoms with van der Waals surface area (Å²) in [4.78, 5) is 4.38. The lowest BCUT2D eigenvalue weighted by molar-refractivity contribution is 0.276. The fraction of sp³-hybridized carbons (Fsp3) is 0.500. The predicted octanol–water partition coefficient (Wildman–Crippen LogP) is 1.91. The third-order valence-corrected chi connectivity index (χ3v) is 3.89. The second-order valence-electron chi connectivity index (χ2n) is 5.75. The van der Waals surface area contributed by atoms with E-state index < -0.39 is 0 Å². The Bertz CT molecular complexity index is 604. The van der Waals surface area contributed by atoms with E-state index in [0.717, 1.165) is 42.5 Å². The number of nitrogens with zero attached hydrogens (tertiary/aromatic N) is 3. The van der Waals surface area contributed by atoms with Gasteiger partial charge in [0.05, 0.1) is 12.3 Å². The van der Waals surface area contributed by atoms with Gasteiger partial charge in [0.25, 0.3) is 0 Å². The first-order valence-corrected chi connectivity index (χ1v) is 7.57. The molecule has 0 amide bonds. The average molecular weight is 286 g/mol. The van der Waals surface area contributed by atoms with E-state index in [4.69, 9.17) is 5.11 Å². The van der Waals surface area contributed by atoms with Crippen LogP contribution in [0.1, 0.15) is 29.9 Å². The lowest BCUT2D eigenvalue weighted by Crippen LogP contribution is -2.07. The number of aromatic nitrogens is 3. The van der Waals surface area contributed by atoms with Crippen LogP contribution in [-0.2, 0) is 26.5 Å². The van der Waals surface area contributed by atoms with Crippen LogP contribution in [0.25, 0.3) is 0 Å². The van der Waals surface area contributed by atoms with Gasteiger partial charge in [0, 0.05) is 37.5 Å². The molecule has 5 nitrogen and oxygen atoms in total. The number of pyridine rings is 1. The van der Waals surface area contributed by atoms with Gasteiger partial charge in [0.15, 0.2) is 0 Å². The Morgan fingerprint density at radius 2 is 2.14 bits per heavy atom. The van der Waals surface area contributed by atoms with E-state index in [0.29, 0.717) is 0 Å². The van der Waals surface area contributed by atoms with Crippen molar-refractivity contribution in [3.63, 3.8) is 0 Å². The molecular formula is C16H22N4O. The SMILES string of the molecule is Cn1nc(NCCc2cccc(CO)n2)cc1CC1CC1. The number of rotatable bonds is 7. The number of aryl methyl sites for hydroxylation is 1. The molecule has 0 bridgehead atoms. The molecule has 1 fully saturated rings. The summed E-state index contributed by atoms with van der Waals surface area (Å²) in [5, 5.41) is 16.9. The van der Waals surface area contributed by atoms with Crippen LogP contribution in [0.5, 0.6) is 0 Å². The summed E-state index contributed by atoms with van der Waals surface area (Å²) >= 11 is 0. The number of hydrogen-bond acceptors (Lipinski definition) is 4. The summed E-state index contributed by atoms with van der Waals surface area (Å²) in [6, 6.07) is 7.90. The van der Waals surface area contributed by atoms with Crippen LogP contribution in [0.2, 0.25) is 0 Å². The molecule has 0 saturated heterocycles. The Morgan fingerprint density at radius 1 is 1.33 bits per heavy atom. The summed E-state index contributed by atoms with van der Waals surface area (Å²) in [7, 11) is 2.01. The molecule has 1 saturated carbocycles. The van der Waals surface area contributed by atoms with Gasteiger partial charge in [-0.25, -0.2) is 0 Å². The lowest BCUT2D eigenvalue weighted by atomic mass is 10.2.